The maximum Gasteiger partial charge on any atom is 0.269 e. The Bertz CT molecular complexity index is 850. The molecule has 9 heteroatoms. The Morgan fingerprint density at radius 1 is 1.08 bits per heavy atom. The Labute approximate surface area is 155 Å². The van der Waals surface area contributed by atoms with Crippen molar-refractivity contribution in [3.63, 3.8) is 0 Å². The molecule has 0 saturated heterocycles. The van der Waals surface area contributed by atoms with E-state index in [1.54, 1.807) is 31.3 Å². The number of non-ortho nitro benzene ring substituents is 1. The maximum atomic E-state index is 12.1. The molecular formula is C17H16N4O4S. The highest BCUT2D eigenvalue weighted by Crippen LogP contribution is 2.17. The molecule has 0 radical (unpaired) electrons. The van der Waals surface area contributed by atoms with Gasteiger partial charge >= 0.3 is 0 Å². The van der Waals surface area contributed by atoms with E-state index in [0.717, 1.165) is 5.69 Å². The fraction of sp³-hybridized carbons (Fsp3) is 0.118. The van der Waals surface area contributed by atoms with Crippen LogP contribution in [0.2, 0.25) is 0 Å². The Kier molecular flexibility index (Phi) is 5.97. The molecule has 0 aliphatic rings. The number of anilines is 2. The van der Waals surface area contributed by atoms with Gasteiger partial charge in [-0.25, -0.2) is 0 Å². The van der Waals surface area contributed by atoms with Crippen molar-refractivity contribution in [2.45, 2.75) is 6.92 Å². The lowest BCUT2D eigenvalue weighted by molar-refractivity contribution is -0.384. The minimum atomic E-state index is -0.541. The van der Waals surface area contributed by atoms with E-state index in [4.69, 9.17) is 12.2 Å². The number of hydrogen-bond donors (Lipinski definition) is 2. The zero-order chi connectivity index (χ0) is 19.3. The summed E-state index contributed by atoms with van der Waals surface area (Å²) in [5.74, 6) is -0.568. The second kappa shape index (κ2) is 8.17. The molecule has 0 aliphatic heterocycles. The number of nitro benzene ring substituents is 1. The van der Waals surface area contributed by atoms with Crippen molar-refractivity contribution < 1.29 is 14.5 Å². The van der Waals surface area contributed by atoms with Crippen molar-refractivity contribution in [2.75, 3.05) is 17.3 Å². The first-order valence-corrected chi connectivity index (χ1v) is 7.90. The van der Waals surface area contributed by atoms with Gasteiger partial charge in [0.2, 0.25) is 5.91 Å². The molecule has 2 amide bonds. The Morgan fingerprint density at radius 3 is 2.15 bits per heavy atom. The fourth-order valence-electron chi connectivity index (χ4n) is 2.02. The van der Waals surface area contributed by atoms with Crippen LogP contribution in [-0.2, 0) is 4.79 Å². The van der Waals surface area contributed by atoms with Gasteiger partial charge in [0, 0.05) is 43.0 Å². The van der Waals surface area contributed by atoms with Gasteiger partial charge < -0.3 is 10.2 Å². The van der Waals surface area contributed by atoms with E-state index >= 15 is 0 Å². The van der Waals surface area contributed by atoms with Crippen molar-refractivity contribution >= 4 is 46.2 Å². The van der Waals surface area contributed by atoms with Gasteiger partial charge in [-0.05, 0) is 48.6 Å². The van der Waals surface area contributed by atoms with Gasteiger partial charge in [0.15, 0.2) is 5.11 Å². The Hall–Kier alpha value is -3.33. The molecule has 8 nitrogen and oxygen atoms in total. The van der Waals surface area contributed by atoms with Gasteiger partial charge in [-0.2, -0.15) is 0 Å². The molecule has 2 rings (SSSR count). The largest absolute Gasteiger partial charge is 0.332 e. The van der Waals surface area contributed by atoms with Crippen molar-refractivity contribution in [3.8, 4) is 0 Å². The molecule has 0 heterocycles. The van der Waals surface area contributed by atoms with E-state index in [2.05, 4.69) is 10.6 Å². The summed E-state index contributed by atoms with van der Waals surface area (Å²) in [7, 11) is 1.67. The summed E-state index contributed by atoms with van der Waals surface area (Å²) >= 11 is 5.09. The summed E-state index contributed by atoms with van der Waals surface area (Å²) in [6, 6.07) is 12.1. The van der Waals surface area contributed by atoms with Gasteiger partial charge in [-0.1, -0.05) is 0 Å². The lowest BCUT2D eigenvalue weighted by atomic mass is 10.2. The lowest BCUT2D eigenvalue weighted by Gasteiger charge is -2.16. The van der Waals surface area contributed by atoms with Crippen LogP contribution in [0.5, 0.6) is 0 Å². The van der Waals surface area contributed by atoms with Crippen molar-refractivity contribution in [2.24, 2.45) is 0 Å². The second-order valence-corrected chi connectivity index (χ2v) is 5.75. The second-order valence-electron chi connectivity index (χ2n) is 5.34. The molecule has 2 aromatic carbocycles. The summed E-state index contributed by atoms with van der Waals surface area (Å²) in [5.41, 5.74) is 1.51. The highest BCUT2D eigenvalue weighted by Gasteiger charge is 2.11. The highest BCUT2D eigenvalue weighted by atomic mass is 32.1. The average Bonchev–Trinajstić information content (AvgIpc) is 2.61. The smallest absolute Gasteiger partial charge is 0.269 e. The predicted octanol–water partition coefficient (Wildman–Crippen LogP) is 2.70. The normalized spacial score (nSPS) is 9.92. The number of hydrogen-bond acceptors (Lipinski definition) is 5. The van der Waals surface area contributed by atoms with Crippen LogP contribution in [0.3, 0.4) is 0 Å². The molecule has 26 heavy (non-hydrogen) atoms. The molecule has 0 aliphatic carbocycles. The van der Waals surface area contributed by atoms with Crippen LogP contribution in [0.4, 0.5) is 17.1 Å². The molecule has 0 unspecified atom stereocenters. The zero-order valence-electron chi connectivity index (χ0n) is 14.1. The third-order valence-electron chi connectivity index (χ3n) is 3.55. The summed E-state index contributed by atoms with van der Waals surface area (Å²) in [6.07, 6.45) is 0. The quantitative estimate of drug-likeness (QED) is 0.486. The van der Waals surface area contributed by atoms with Crippen molar-refractivity contribution in [1.82, 2.24) is 5.32 Å². The van der Waals surface area contributed by atoms with Crippen molar-refractivity contribution in [1.29, 1.82) is 0 Å². The summed E-state index contributed by atoms with van der Waals surface area (Å²) in [6.45, 7) is 1.47. The monoisotopic (exact) mass is 372 g/mol. The van der Waals surface area contributed by atoms with E-state index in [0.29, 0.717) is 5.69 Å². The number of carbonyl (C=O) groups is 2. The van der Waals surface area contributed by atoms with E-state index < -0.39 is 10.8 Å². The number of amides is 2. The SMILES string of the molecule is CC(=O)N(C)c1ccc(NC(=S)NC(=O)c2ccc([N+](=O)[O-])cc2)cc1. The number of nitrogens with one attached hydrogen (secondary N) is 2. The van der Waals surface area contributed by atoms with Gasteiger partial charge in [0.1, 0.15) is 0 Å². The fourth-order valence-corrected chi connectivity index (χ4v) is 2.23. The number of nitrogens with zero attached hydrogens (tertiary/aromatic N) is 2. The van der Waals surface area contributed by atoms with E-state index in [-0.39, 0.29) is 22.3 Å². The first-order chi connectivity index (χ1) is 12.3. The molecule has 0 saturated carbocycles. The molecule has 0 bridgehead atoms. The maximum absolute atomic E-state index is 12.1. The minimum Gasteiger partial charge on any atom is -0.332 e. The van der Waals surface area contributed by atoms with Gasteiger partial charge in [-0.15, -0.1) is 0 Å². The first kappa shape index (κ1) is 19.0. The third-order valence-corrected chi connectivity index (χ3v) is 3.76. The molecule has 134 valence electrons. The number of nitro groups is 1. The van der Waals surface area contributed by atoms with Gasteiger partial charge in [0.05, 0.1) is 4.92 Å². The van der Waals surface area contributed by atoms with Gasteiger partial charge in [-0.3, -0.25) is 25.0 Å². The molecule has 0 aromatic heterocycles. The lowest BCUT2D eigenvalue weighted by Crippen LogP contribution is -2.34. The van der Waals surface area contributed by atoms with E-state index in [1.807, 2.05) is 0 Å². The summed E-state index contributed by atoms with van der Waals surface area (Å²) < 4.78 is 0. The molecule has 0 fully saturated rings. The number of rotatable bonds is 4. The highest BCUT2D eigenvalue weighted by molar-refractivity contribution is 7.80. The van der Waals surface area contributed by atoms with Crippen LogP contribution >= 0.6 is 12.2 Å². The number of carbonyl (C=O) groups excluding carboxylic acids is 2. The average molecular weight is 372 g/mol. The van der Waals surface area contributed by atoms with Crippen LogP contribution < -0.4 is 15.5 Å². The molecule has 0 atom stereocenters. The summed E-state index contributed by atoms with van der Waals surface area (Å²) in [4.78, 5) is 35.0. The number of benzene rings is 2. The summed E-state index contributed by atoms with van der Waals surface area (Å²) in [5, 5.41) is 16.1. The molecule has 2 aromatic rings. The minimum absolute atomic E-state index is 0.0843. The van der Waals surface area contributed by atoms with Crippen LogP contribution in [0.1, 0.15) is 17.3 Å². The van der Waals surface area contributed by atoms with E-state index in [1.165, 1.54) is 36.1 Å². The molecule has 2 N–H and O–H groups in total. The molecule has 0 spiro atoms. The Balaban J connectivity index is 1.96. The predicted molar refractivity (Wildman–Crippen MR) is 102 cm³/mol. The molecular weight excluding hydrogens is 356 g/mol. The van der Waals surface area contributed by atoms with Crippen LogP contribution in [0.15, 0.2) is 48.5 Å². The van der Waals surface area contributed by atoms with Gasteiger partial charge in [0.25, 0.3) is 11.6 Å². The van der Waals surface area contributed by atoms with Crippen LogP contribution in [-0.4, -0.2) is 28.9 Å². The van der Waals surface area contributed by atoms with E-state index in [9.17, 15) is 19.7 Å². The standard InChI is InChI=1S/C17H16N4O4S/c1-11(22)20(2)14-9-5-13(6-10-14)18-17(26)19-16(23)12-3-7-15(8-4-12)21(24)25/h3-10H,1-2H3,(H2,18,19,23,26). The first-order valence-electron chi connectivity index (χ1n) is 7.49. The number of thiocarbonyl (C=S) groups is 1. The topological polar surface area (TPSA) is 105 Å². The third kappa shape index (κ3) is 4.84. The zero-order valence-corrected chi connectivity index (χ0v) is 14.9. The van der Waals surface area contributed by atoms with Crippen LogP contribution in [0.25, 0.3) is 0 Å². The van der Waals surface area contributed by atoms with Crippen molar-refractivity contribution in [3.05, 3.63) is 64.2 Å². The Morgan fingerprint density at radius 2 is 1.65 bits per heavy atom. The van der Waals surface area contributed by atoms with Crippen LogP contribution in [0, 0.1) is 10.1 Å².